The third kappa shape index (κ3) is 1.98. The molecular weight excluding hydrogens is 246 g/mol. The van der Waals surface area contributed by atoms with Crippen LogP contribution in [0.15, 0.2) is 0 Å². The Hall–Kier alpha value is -0.370. The summed E-state index contributed by atoms with van der Waals surface area (Å²) in [5, 5.41) is 0. The van der Waals surface area contributed by atoms with Gasteiger partial charge in [-0.3, -0.25) is 4.79 Å². The van der Waals surface area contributed by atoms with Crippen molar-refractivity contribution in [3.8, 4) is 0 Å². The summed E-state index contributed by atoms with van der Waals surface area (Å²) in [6.45, 7) is 18.5. The van der Waals surface area contributed by atoms with E-state index in [2.05, 4.69) is 41.5 Å². The smallest absolute Gasteiger partial charge is 0.142 e. The van der Waals surface area contributed by atoms with Crippen LogP contribution in [0.4, 0.5) is 0 Å². The van der Waals surface area contributed by atoms with Crippen molar-refractivity contribution >= 4 is 5.78 Å². The normalized spacial score (nSPS) is 35.8. The minimum Gasteiger partial charge on any atom is -0.324 e. The number of rotatable bonds is 6. The molecule has 2 heteroatoms. The number of nitrogens with zero attached hydrogens (tertiary/aromatic N) is 1. The average Bonchev–Trinajstić information content (AvgIpc) is 2.74. The molecule has 2 bridgehead atoms. The van der Waals surface area contributed by atoms with Crippen molar-refractivity contribution < 1.29 is 9.28 Å². The Morgan fingerprint density at radius 1 is 1.10 bits per heavy atom. The first-order valence-electron chi connectivity index (χ1n) is 8.67. The minimum absolute atomic E-state index is 0.0391. The molecule has 2 fully saturated rings. The van der Waals surface area contributed by atoms with Crippen molar-refractivity contribution in [2.75, 3.05) is 26.2 Å². The Bertz CT molecular complexity index is 375. The van der Waals surface area contributed by atoms with Gasteiger partial charge in [-0.1, -0.05) is 20.8 Å². The molecule has 20 heavy (non-hydrogen) atoms. The lowest BCUT2D eigenvalue weighted by Gasteiger charge is -2.37. The van der Waals surface area contributed by atoms with Crippen LogP contribution >= 0.6 is 0 Å². The Balaban J connectivity index is 2.11. The molecule has 0 amide bonds. The van der Waals surface area contributed by atoms with Crippen LogP contribution < -0.4 is 0 Å². The SMILES string of the molecule is CC[N+](CC)(CC)CCC1C(=O)[C@]2(C)CCC1C2(C)C. The molecule has 0 radical (unpaired) electrons. The highest BCUT2D eigenvalue weighted by atomic mass is 16.1. The number of carbonyl (C=O) groups excluding carboxylic acids is 1. The standard InChI is InChI=1S/C18H34NO/c1-7-19(8-2,9-3)13-11-14-15-10-12-18(6,16(14)20)17(15,4)5/h14-15H,7-13H2,1-6H3/q+1/t14?,15?,18-/m0/s1. The summed E-state index contributed by atoms with van der Waals surface area (Å²) in [7, 11) is 0. The van der Waals surface area contributed by atoms with E-state index in [1.807, 2.05) is 0 Å². The van der Waals surface area contributed by atoms with Crippen LogP contribution in [0, 0.1) is 22.7 Å². The second-order valence-electron chi connectivity index (χ2n) is 7.97. The predicted molar refractivity (Wildman–Crippen MR) is 84.5 cm³/mol. The number of carbonyl (C=O) groups is 1. The molecule has 0 spiro atoms. The second kappa shape index (κ2) is 5.12. The van der Waals surface area contributed by atoms with Crippen LogP contribution in [0.3, 0.4) is 0 Å². The highest BCUT2D eigenvalue weighted by Gasteiger charge is 2.65. The van der Waals surface area contributed by atoms with Crippen LogP contribution in [0.1, 0.15) is 60.8 Å². The second-order valence-corrected chi connectivity index (χ2v) is 7.97. The van der Waals surface area contributed by atoms with E-state index in [4.69, 9.17) is 0 Å². The maximum Gasteiger partial charge on any atom is 0.142 e. The Labute approximate surface area is 125 Å². The quantitative estimate of drug-likeness (QED) is 0.675. The topological polar surface area (TPSA) is 17.1 Å². The minimum atomic E-state index is -0.0391. The van der Waals surface area contributed by atoms with Crippen molar-refractivity contribution in [3.05, 3.63) is 0 Å². The number of ketones is 1. The van der Waals surface area contributed by atoms with Gasteiger partial charge in [0.15, 0.2) is 0 Å². The third-order valence-electron chi connectivity index (χ3n) is 7.60. The van der Waals surface area contributed by atoms with Crippen molar-refractivity contribution in [1.82, 2.24) is 0 Å². The molecule has 0 saturated heterocycles. The van der Waals surface area contributed by atoms with E-state index >= 15 is 0 Å². The summed E-state index contributed by atoms with van der Waals surface area (Å²) in [5.41, 5.74) is 0.178. The fourth-order valence-corrected chi connectivity index (χ4v) is 5.16. The number of hydrogen-bond donors (Lipinski definition) is 0. The lowest BCUT2D eigenvalue weighted by Crippen LogP contribution is -2.49. The molecule has 116 valence electrons. The Morgan fingerprint density at radius 3 is 2.05 bits per heavy atom. The van der Waals surface area contributed by atoms with E-state index in [0.29, 0.717) is 17.6 Å². The zero-order chi connectivity index (χ0) is 15.2. The van der Waals surface area contributed by atoms with Crippen LogP contribution in [-0.2, 0) is 4.79 Å². The zero-order valence-corrected chi connectivity index (χ0v) is 14.5. The van der Waals surface area contributed by atoms with E-state index in [9.17, 15) is 4.79 Å². The summed E-state index contributed by atoms with van der Waals surface area (Å²) in [6.07, 6.45) is 3.50. The molecule has 0 heterocycles. The van der Waals surface area contributed by atoms with Gasteiger partial charge in [-0.25, -0.2) is 0 Å². The van der Waals surface area contributed by atoms with E-state index in [0.717, 1.165) is 12.8 Å². The molecule has 0 N–H and O–H groups in total. The largest absolute Gasteiger partial charge is 0.324 e. The number of fused-ring (bicyclic) bond motifs is 2. The summed E-state index contributed by atoms with van der Waals surface area (Å²) < 4.78 is 1.17. The first-order valence-corrected chi connectivity index (χ1v) is 8.67. The van der Waals surface area contributed by atoms with E-state index in [1.54, 1.807) is 0 Å². The van der Waals surface area contributed by atoms with E-state index in [1.165, 1.54) is 37.1 Å². The summed E-state index contributed by atoms with van der Waals surface area (Å²) >= 11 is 0. The van der Waals surface area contributed by atoms with Gasteiger partial charge in [0, 0.05) is 17.8 Å². The monoisotopic (exact) mass is 280 g/mol. The maximum absolute atomic E-state index is 12.9. The van der Waals surface area contributed by atoms with Gasteiger partial charge >= 0.3 is 0 Å². The number of Topliss-reactive ketones (excluding diaryl/α,β-unsaturated/α-hetero) is 1. The van der Waals surface area contributed by atoms with Gasteiger partial charge in [-0.05, 0) is 44.9 Å². The molecule has 2 saturated carbocycles. The van der Waals surface area contributed by atoms with Gasteiger partial charge in [-0.2, -0.15) is 0 Å². The first-order chi connectivity index (χ1) is 9.28. The summed E-state index contributed by atoms with van der Waals surface area (Å²) in [6, 6.07) is 0. The fraction of sp³-hybridized carbons (Fsp3) is 0.944. The Kier molecular flexibility index (Phi) is 4.10. The van der Waals surface area contributed by atoms with Gasteiger partial charge in [0.1, 0.15) is 5.78 Å². The van der Waals surface area contributed by atoms with Gasteiger partial charge in [0.05, 0.1) is 26.2 Å². The molecule has 2 rings (SSSR count). The van der Waals surface area contributed by atoms with Gasteiger partial charge < -0.3 is 4.48 Å². The van der Waals surface area contributed by atoms with Gasteiger partial charge in [0.25, 0.3) is 0 Å². The zero-order valence-electron chi connectivity index (χ0n) is 14.5. The highest BCUT2D eigenvalue weighted by molar-refractivity contribution is 5.91. The molecule has 2 aliphatic rings. The predicted octanol–water partition coefficient (Wildman–Crippen LogP) is 3.89. The fourth-order valence-electron chi connectivity index (χ4n) is 5.16. The van der Waals surface area contributed by atoms with Crippen LogP contribution in [0.25, 0.3) is 0 Å². The summed E-state index contributed by atoms with van der Waals surface area (Å²) in [5.74, 6) is 1.55. The molecule has 0 aromatic heterocycles. The highest BCUT2D eigenvalue weighted by Crippen LogP contribution is 2.66. The van der Waals surface area contributed by atoms with E-state index < -0.39 is 0 Å². The number of hydrogen-bond acceptors (Lipinski definition) is 1. The van der Waals surface area contributed by atoms with Crippen molar-refractivity contribution in [3.63, 3.8) is 0 Å². The first kappa shape index (κ1) is 16.0. The van der Waals surface area contributed by atoms with Gasteiger partial charge in [0.2, 0.25) is 0 Å². The third-order valence-corrected chi connectivity index (χ3v) is 7.60. The molecule has 2 unspecified atom stereocenters. The molecule has 3 atom stereocenters. The van der Waals surface area contributed by atoms with Crippen molar-refractivity contribution in [1.29, 1.82) is 0 Å². The number of quaternary nitrogens is 1. The van der Waals surface area contributed by atoms with Crippen LogP contribution in [-0.4, -0.2) is 36.4 Å². The van der Waals surface area contributed by atoms with E-state index in [-0.39, 0.29) is 10.8 Å². The average molecular weight is 280 g/mol. The van der Waals surface area contributed by atoms with Crippen molar-refractivity contribution in [2.45, 2.75) is 60.8 Å². The Morgan fingerprint density at radius 2 is 1.65 bits per heavy atom. The maximum atomic E-state index is 12.9. The molecule has 0 aromatic carbocycles. The molecular formula is C18H34NO+. The summed E-state index contributed by atoms with van der Waals surface area (Å²) in [4.78, 5) is 12.9. The molecule has 2 aliphatic carbocycles. The van der Waals surface area contributed by atoms with Crippen LogP contribution in [0.2, 0.25) is 0 Å². The molecule has 0 aromatic rings. The lowest BCUT2D eigenvalue weighted by molar-refractivity contribution is -0.923. The van der Waals surface area contributed by atoms with Crippen LogP contribution in [0.5, 0.6) is 0 Å². The molecule has 0 aliphatic heterocycles. The van der Waals surface area contributed by atoms with Gasteiger partial charge in [-0.15, -0.1) is 0 Å². The molecule has 2 nitrogen and oxygen atoms in total. The lowest BCUT2D eigenvalue weighted by atomic mass is 9.70. The van der Waals surface area contributed by atoms with Crippen molar-refractivity contribution in [2.24, 2.45) is 22.7 Å².